The molecule has 0 N–H and O–H groups in total. The van der Waals surface area contributed by atoms with Crippen molar-refractivity contribution in [3.63, 3.8) is 0 Å². The van der Waals surface area contributed by atoms with Crippen LogP contribution in [0.3, 0.4) is 0 Å². The normalized spacial score (nSPS) is 11.6. The number of rotatable bonds is 8. The second-order valence-electron chi connectivity index (χ2n) is 8.27. The van der Waals surface area contributed by atoms with E-state index in [1.165, 1.54) is 0 Å². The van der Waals surface area contributed by atoms with Crippen LogP contribution >= 0.6 is 0 Å². The third-order valence-corrected chi connectivity index (χ3v) is 5.14. The van der Waals surface area contributed by atoms with Crippen LogP contribution in [0.1, 0.15) is 75.5 Å². The topological polar surface area (TPSA) is 69.7 Å². The first-order valence-electron chi connectivity index (χ1n) is 11.1. The van der Waals surface area contributed by atoms with Crippen LogP contribution in [0.2, 0.25) is 0 Å². The van der Waals surface area contributed by atoms with E-state index in [0.717, 1.165) is 12.0 Å². The average molecular weight is 445 g/mol. The molecule has 3 aromatic carbocycles. The van der Waals surface area contributed by atoms with E-state index in [9.17, 15) is 14.4 Å². The molecule has 0 heterocycles. The van der Waals surface area contributed by atoms with Crippen LogP contribution in [0.15, 0.2) is 78.9 Å². The zero-order valence-corrected chi connectivity index (χ0v) is 19.1. The first-order valence-corrected chi connectivity index (χ1v) is 11.1. The molecule has 3 aromatic rings. The molecule has 0 spiro atoms. The molecule has 0 aliphatic carbocycles. The van der Waals surface area contributed by atoms with Crippen molar-refractivity contribution in [1.82, 2.24) is 0 Å². The minimum atomic E-state index is -0.752. The summed E-state index contributed by atoms with van der Waals surface area (Å²) in [6.45, 7) is 6.14. The van der Waals surface area contributed by atoms with Gasteiger partial charge < -0.3 is 9.47 Å². The second kappa shape index (κ2) is 11.2. The van der Waals surface area contributed by atoms with E-state index in [1.54, 1.807) is 60.7 Å². The van der Waals surface area contributed by atoms with Gasteiger partial charge in [-0.05, 0) is 66.3 Å². The van der Waals surface area contributed by atoms with Crippen molar-refractivity contribution in [2.75, 3.05) is 0 Å². The zero-order chi connectivity index (χ0) is 23.8. The molecule has 0 aliphatic rings. The maximum Gasteiger partial charge on any atom is 0.346 e. The van der Waals surface area contributed by atoms with E-state index in [4.69, 9.17) is 9.47 Å². The Bertz CT molecular complexity index is 1100. The molecular formula is C28H28O5. The lowest BCUT2D eigenvalue weighted by molar-refractivity contribution is 0.0287. The molecule has 0 aliphatic heterocycles. The van der Waals surface area contributed by atoms with Crippen molar-refractivity contribution >= 4 is 17.9 Å². The molecule has 1 unspecified atom stereocenters. The first kappa shape index (κ1) is 23.9. The summed E-state index contributed by atoms with van der Waals surface area (Å²) in [5.74, 6) is -1.39. The fourth-order valence-corrected chi connectivity index (χ4v) is 3.47. The van der Waals surface area contributed by atoms with Crippen LogP contribution in [0.4, 0.5) is 0 Å². The van der Waals surface area contributed by atoms with Crippen molar-refractivity contribution in [3.05, 3.63) is 107 Å². The standard InChI is InChI=1S/C28H28O5/c1-4-25(32-26(29)21-9-6-5-7-10-21)23-11-8-12-24(18-23)28(31)33-27(30)22-15-13-20(14-16-22)17-19(2)3/h5-16,18-19,25H,4,17H2,1-3H3. The Labute approximate surface area is 194 Å². The van der Waals surface area contributed by atoms with E-state index < -0.39 is 24.0 Å². The molecular weight excluding hydrogens is 416 g/mol. The highest BCUT2D eigenvalue weighted by Gasteiger charge is 2.20. The van der Waals surface area contributed by atoms with E-state index >= 15 is 0 Å². The smallest absolute Gasteiger partial charge is 0.346 e. The number of carbonyl (C=O) groups excluding carboxylic acids is 3. The molecule has 0 radical (unpaired) electrons. The van der Waals surface area contributed by atoms with Gasteiger partial charge in [-0.1, -0.05) is 63.2 Å². The molecule has 0 fully saturated rings. The van der Waals surface area contributed by atoms with E-state index in [0.29, 0.717) is 29.0 Å². The van der Waals surface area contributed by atoms with Gasteiger partial charge in [-0.25, -0.2) is 14.4 Å². The Morgan fingerprint density at radius 3 is 1.97 bits per heavy atom. The quantitative estimate of drug-likeness (QED) is 0.306. The molecule has 1 atom stereocenters. The minimum Gasteiger partial charge on any atom is -0.454 e. The molecule has 3 rings (SSSR count). The SMILES string of the molecule is CCC(OC(=O)c1ccccc1)c1cccc(C(=O)OC(=O)c2ccc(CC(C)C)cc2)c1. The summed E-state index contributed by atoms with van der Waals surface area (Å²) >= 11 is 0. The van der Waals surface area contributed by atoms with Gasteiger partial charge in [0.25, 0.3) is 0 Å². The predicted octanol–water partition coefficient (Wildman–Crippen LogP) is 6.19. The molecule has 0 amide bonds. The average Bonchev–Trinajstić information content (AvgIpc) is 2.83. The molecule has 5 nitrogen and oxygen atoms in total. The third kappa shape index (κ3) is 6.62. The van der Waals surface area contributed by atoms with Gasteiger partial charge in [-0.15, -0.1) is 0 Å². The largest absolute Gasteiger partial charge is 0.454 e. The molecule has 0 bridgehead atoms. The molecule has 0 saturated heterocycles. The van der Waals surface area contributed by atoms with Crippen LogP contribution in [0.25, 0.3) is 0 Å². The van der Waals surface area contributed by atoms with Gasteiger partial charge >= 0.3 is 17.9 Å². The van der Waals surface area contributed by atoms with Gasteiger partial charge in [0.15, 0.2) is 0 Å². The van der Waals surface area contributed by atoms with Crippen LogP contribution in [-0.4, -0.2) is 17.9 Å². The summed E-state index contributed by atoms with van der Waals surface area (Å²) in [7, 11) is 0. The predicted molar refractivity (Wildman–Crippen MR) is 126 cm³/mol. The van der Waals surface area contributed by atoms with E-state index in [-0.39, 0.29) is 5.56 Å². The van der Waals surface area contributed by atoms with Crippen molar-refractivity contribution in [3.8, 4) is 0 Å². The fourth-order valence-electron chi connectivity index (χ4n) is 3.47. The summed E-state index contributed by atoms with van der Waals surface area (Å²) in [5.41, 5.74) is 2.76. The van der Waals surface area contributed by atoms with Gasteiger partial charge in [0.1, 0.15) is 6.10 Å². The Balaban J connectivity index is 1.68. The molecule has 0 aromatic heterocycles. The summed E-state index contributed by atoms with van der Waals surface area (Å²) in [4.78, 5) is 37.5. The highest BCUT2D eigenvalue weighted by Crippen LogP contribution is 2.24. The summed E-state index contributed by atoms with van der Waals surface area (Å²) < 4.78 is 10.7. The number of carbonyl (C=O) groups is 3. The minimum absolute atomic E-state index is 0.214. The van der Waals surface area contributed by atoms with Gasteiger partial charge in [0.05, 0.1) is 16.7 Å². The third-order valence-electron chi connectivity index (χ3n) is 5.14. The molecule has 33 heavy (non-hydrogen) atoms. The maximum absolute atomic E-state index is 12.6. The Morgan fingerprint density at radius 2 is 1.33 bits per heavy atom. The summed E-state index contributed by atoms with van der Waals surface area (Å²) in [6, 6.07) is 22.4. The lowest BCUT2D eigenvalue weighted by Crippen LogP contribution is -2.14. The van der Waals surface area contributed by atoms with Crippen molar-refractivity contribution < 1.29 is 23.9 Å². The monoisotopic (exact) mass is 444 g/mol. The number of benzene rings is 3. The number of hydrogen-bond donors (Lipinski definition) is 0. The van der Waals surface area contributed by atoms with Crippen molar-refractivity contribution in [2.45, 2.75) is 39.7 Å². The number of hydrogen-bond acceptors (Lipinski definition) is 5. The van der Waals surface area contributed by atoms with Crippen molar-refractivity contribution in [1.29, 1.82) is 0 Å². The lowest BCUT2D eigenvalue weighted by atomic mass is 10.0. The van der Waals surface area contributed by atoms with Crippen molar-refractivity contribution in [2.24, 2.45) is 5.92 Å². The summed E-state index contributed by atoms with van der Waals surface area (Å²) in [5, 5.41) is 0. The van der Waals surface area contributed by atoms with Gasteiger partial charge in [-0.3, -0.25) is 0 Å². The van der Waals surface area contributed by atoms with Gasteiger partial charge in [0.2, 0.25) is 0 Å². The highest BCUT2D eigenvalue weighted by molar-refractivity contribution is 6.02. The van der Waals surface area contributed by atoms with Crippen LogP contribution in [-0.2, 0) is 15.9 Å². The maximum atomic E-state index is 12.6. The van der Waals surface area contributed by atoms with Crippen LogP contribution < -0.4 is 0 Å². The highest BCUT2D eigenvalue weighted by atomic mass is 16.6. The Hall–Kier alpha value is -3.73. The molecule has 170 valence electrons. The Morgan fingerprint density at radius 1 is 0.727 bits per heavy atom. The second-order valence-corrected chi connectivity index (χ2v) is 8.27. The molecule has 0 saturated carbocycles. The zero-order valence-electron chi connectivity index (χ0n) is 19.1. The van der Waals surface area contributed by atoms with E-state index in [2.05, 4.69) is 13.8 Å². The summed E-state index contributed by atoms with van der Waals surface area (Å²) in [6.07, 6.45) is 0.905. The molecule has 5 heteroatoms. The van der Waals surface area contributed by atoms with Gasteiger partial charge in [-0.2, -0.15) is 0 Å². The number of esters is 3. The fraction of sp³-hybridized carbons (Fsp3) is 0.250. The Kier molecular flexibility index (Phi) is 8.14. The van der Waals surface area contributed by atoms with Gasteiger partial charge in [0, 0.05) is 0 Å². The lowest BCUT2D eigenvalue weighted by Gasteiger charge is -2.17. The van der Waals surface area contributed by atoms with Crippen LogP contribution in [0.5, 0.6) is 0 Å². The van der Waals surface area contributed by atoms with E-state index in [1.807, 2.05) is 25.1 Å². The number of ether oxygens (including phenoxy) is 2. The van der Waals surface area contributed by atoms with Crippen LogP contribution in [0, 0.1) is 5.92 Å². The first-order chi connectivity index (χ1) is 15.9.